The van der Waals surface area contributed by atoms with Crippen LogP contribution in [0.4, 0.5) is 0 Å². The summed E-state index contributed by atoms with van der Waals surface area (Å²) < 4.78 is 10.1. The fourth-order valence-corrected chi connectivity index (χ4v) is 3.01. The zero-order valence-electron chi connectivity index (χ0n) is 15.8. The standard InChI is InChI=1S/C21H25N3O3/c1-14(20-23-13-18(24-20)16-7-5-4-6-8-16)22-12-15-9-10-19(26-2)17(11-15)21(25)27-3/h4-11,13-14,20,22-24H,12H2,1-3H3. The van der Waals surface area contributed by atoms with Gasteiger partial charge in [0.25, 0.3) is 0 Å². The molecular formula is C21H25N3O3. The van der Waals surface area contributed by atoms with Crippen LogP contribution in [-0.4, -0.2) is 32.4 Å². The summed E-state index contributed by atoms with van der Waals surface area (Å²) in [6, 6.07) is 15.9. The first-order valence-electron chi connectivity index (χ1n) is 8.89. The highest BCUT2D eigenvalue weighted by Gasteiger charge is 2.22. The van der Waals surface area contributed by atoms with Crippen molar-refractivity contribution in [2.75, 3.05) is 14.2 Å². The lowest BCUT2D eigenvalue weighted by atomic mass is 10.1. The van der Waals surface area contributed by atoms with Gasteiger partial charge in [0.2, 0.25) is 0 Å². The van der Waals surface area contributed by atoms with Crippen LogP contribution < -0.4 is 20.7 Å². The molecule has 0 bridgehead atoms. The van der Waals surface area contributed by atoms with Crippen molar-refractivity contribution in [2.24, 2.45) is 0 Å². The molecular weight excluding hydrogens is 342 g/mol. The van der Waals surface area contributed by atoms with Crippen LogP contribution in [0.3, 0.4) is 0 Å². The molecule has 1 aliphatic rings. The van der Waals surface area contributed by atoms with Crippen molar-refractivity contribution in [2.45, 2.75) is 25.7 Å². The first-order valence-corrected chi connectivity index (χ1v) is 8.89. The molecule has 6 heteroatoms. The highest BCUT2D eigenvalue weighted by atomic mass is 16.5. The Labute approximate surface area is 159 Å². The van der Waals surface area contributed by atoms with Crippen LogP contribution in [0.15, 0.2) is 54.7 Å². The molecule has 1 heterocycles. The van der Waals surface area contributed by atoms with E-state index in [2.05, 4.69) is 35.0 Å². The van der Waals surface area contributed by atoms with Crippen molar-refractivity contribution in [3.05, 3.63) is 71.4 Å². The van der Waals surface area contributed by atoms with E-state index >= 15 is 0 Å². The Morgan fingerprint density at radius 3 is 2.67 bits per heavy atom. The molecule has 0 aromatic heterocycles. The Bertz CT molecular complexity index is 821. The molecule has 27 heavy (non-hydrogen) atoms. The van der Waals surface area contributed by atoms with Gasteiger partial charge in [-0.05, 0) is 30.2 Å². The van der Waals surface area contributed by atoms with Crippen LogP contribution in [0.1, 0.15) is 28.4 Å². The maximum absolute atomic E-state index is 11.9. The van der Waals surface area contributed by atoms with Gasteiger partial charge >= 0.3 is 5.97 Å². The largest absolute Gasteiger partial charge is 0.496 e. The van der Waals surface area contributed by atoms with Gasteiger partial charge in [-0.2, -0.15) is 0 Å². The number of hydrogen-bond donors (Lipinski definition) is 3. The second-order valence-electron chi connectivity index (χ2n) is 6.41. The fourth-order valence-electron chi connectivity index (χ4n) is 3.01. The van der Waals surface area contributed by atoms with E-state index in [1.807, 2.05) is 30.5 Å². The Hall–Kier alpha value is -2.99. The number of hydrogen-bond acceptors (Lipinski definition) is 6. The molecule has 0 amide bonds. The van der Waals surface area contributed by atoms with Gasteiger partial charge < -0.3 is 25.4 Å². The van der Waals surface area contributed by atoms with E-state index in [-0.39, 0.29) is 12.2 Å². The summed E-state index contributed by atoms with van der Waals surface area (Å²) >= 11 is 0. The van der Waals surface area contributed by atoms with Crippen molar-refractivity contribution in [3.8, 4) is 5.75 Å². The number of carbonyl (C=O) groups excluding carboxylic acids is 1. The Balaban J connectivity index is 1.58. The summed E-state index contributed by atoms with van der Waals surface area (Å²) in [5.74, 6) is 0.104. The average Bonchev–Trinajstić information content (AvgIpc) is 3.22. The van der Waals surface area contributed by atoms with E-state index in [0.29, 0.717) is 17.9 Å². The van der Waals surface area contributed by atoms with Crippen molar-refractivity contribution in [1.29, 1.82) is 0 Å². The smallest absolute Gasteiger partial charge is 0.341 e. The molecule has 0 saturated carbocycles. The summed E-state index contributed by atoms with van der Waals surface area (Å²) in [6.45, 7) is 2.73. The SMILES string of the molecule is COC(=O)c1cc(CNC(C)C2NC=C(c3ccccc3)N2)ccc1OC. The monoisotopic (exact) mass is 367 g/mol. The number of nitrogens with one attached hydrogen (secondary N) is 3. The molecule has 2 unspecified atom stereocenters. The molecule has 142 valence electrons. The molecule has 3 rings (SSSR count). The second-order valence-corrected chi connectivity index (χ2v) is 6.41. The summed E-state index contributed by atoms with van der Waals surface area (Å²) in [5.41, 5.74) is 3.64. The van der Waals surface area contributed by atoms with Crippen LogP contribution in [0.2, 0.25) is 0 Å². The predicted octanol–water partition coefficient (Wildman–Crippen LogP) is 2.48. The molecule has 0 saturated heterocycles. The molecule has 0 spiro atoms. The van der Waals surface area contributed by atoms with Gasteiger partial charge in [0, 0.05) is 18.8 Å². The van der Waals surface area contributed by atoms with E-state index < -0.39 is 5.97 Å². The maximum Gasteiger partial charge on any atom is 0.341 e. The molecule has 1 aliphatic heterocycles. The molecule has 6 nitrogen and oxygen atoms in total. The molecule has 2 aromatic carbocycles. The van der Waals surface area contributed by atoms with Gasteiger partial charge in [-0.1, -0.05) is 36.4 Å². The topological polar surface area (TPSA) is 71.6 Å². The van der Waals surface area contributed by atoms with Gasteiger partial charge in [-0.3, -0.25) is 0 Å². The Kier molecular flexibility index (Phi) is 5.98. The van der Waals surface area contributed by atoms with Crippen molar-refractivity contribution in [3.63, 3.8) is 0 Å². The summed E-state index contributed by atoms with van der Waals surface area (Å²) in [5, 5.41) is 10.3. The third kappa shape index (κ3) is 4.41. The van der Waals surface area contributed by atoms with Crippen LogP contribution >= 0.6 is 0 Å². The van der Waals surface area contributed by atoms with Gasteiger partial charge in [0.15, 0.2) is 0 Å². The van der Waals surface area contributed by atoms with E-state index in [9.17, 15) is 4.79 Å². The normalized spacial score (nSPS) is 16.7. The number of methoxy groups -OCH3 is 2. The molecule has 2 atom stereocenters. The number of ether oxygens (including phenoxy) is 2. The minimum absolute atomic E-state index is 0.0820. The highest BCUT2D eigenvalue weighted by molar-refractivity contribution is 5.92. The molecule has 3 N–H and O–H groups in total. The van der Waals surface area contributed by atoms with Crippen LogP contribution in [0, 0.1) is 0 Å². The van der Waals surface area contributed by atoms with E-state index in [1.54, 1.807) is 12.1 Å². The lowest BCUT2D eigenvalue weighted by molar-refractivity contribution is 0.0597. The third-order valence-electron chi connectivity index (χ3n) is 4.60. The van der Waals surface area contributed by atoms with E-state index in [1.165, 1.54) is 14.2 Å². The van der Waals surface area contributed by atoms with Crippen molar-refractivity contribution >= 4 is 11.7 Å². The van der Waals surface area contributed by atoms with Crippen molar-refractivity contribution < 1.29 is 14.3 Å². The van der Waals surface area contributed by atoms with Gasteiger partial charge in [-0.25, -0.2) is 4.79 Å². The second kappa shape index (κ2) is 8.60. The van der Waals surface area contributed by atoms with Gasteiger partial charge in [0.1, 0.15) is 17.5 Å². The fraction of sp³-hybridized carbons (Fsp3) is 0.286. The van der Waals surface area contributed by atoms with Crippen LogP contribution in [0.25, 0.3) is 5.70 Å². The Morgan fingerprint density at radius 1 is 1.19 bits per heavy atom. The van der Waals surface area contributed by atoms with Crippen molar-refractivity contribution in [1.82, 2.24) is 16.0 Å². The lowest BCUT2D eigenvalue weighted by Gasteiger charge is -2.23. The maximum atomic E-state index is 11.9. The number of esters is 1. The van der Waals surface area contributed by atoms with Crippen LogP contribution in [-0.2, 0) is 11.3 Å². The molecule has 2 aromatic rings. The molecule has 0 fully saturated rings. The van der Waals surface area contributed by atoms with E-state index in [0.717, 1.165) is 16.8 Å². The lowest BCUT2D eigenvalue weighted by Crippen LogP contribution is -2.48. The summed E-state index contributed by atoms with van der Waals surface area (Å²) in [4.78, 5) is 11.9. The zero-order chi connectivity index (χ0) is 19.2. The highest BCUT2D eigenvalue weighted by Crippen LogP contribution is 2.21. The predicted molar refractivity (Wildman–Crippen MR) is 105 cm³/mol. The number of rotatable bonds is 7. The molecule has 0 radical (unpaired) electrons. The first kappa shape index (κ1) is 18.8. The average molecular weight is 367 g/mol. The van der Waals surface area contributed by atoms with Crippen LogP contribution in [0.5, 0.6) is 5.75 Å². The van der Waals surface area contributed by atoms with Gasteiger partial charge in [-0.15, -0.1) is 0 Å². The molecule has 0 aliphatic carbocycles. The minimum Gasteiger partial charge on any atom is -0.496 e. The van der Waals surface area contributed by atoms with E-state index in [4.69, 9.17) is 9.47 Å². The summed E-state index contributed by atoms with van der Waals surface area (Å²) in [7, 11) is 2.90. The van der Waals surface area contributed by atoms with Gasteiger partial charge in [0.05, 0.1) is 19.9 Å². The zero-order valence-corrected chi connectivity index (χ0v) is 15.8. The third-order valence-corrected chi connectivity index (χ3v) is 4.60. The quantitative estimate of drug-likeness (QED) is 0.653. The number of benzene rings is 2. The minimum atomic E-state index is -0.405. The Morgan fingerprint density at radius 2 is 1.96 bits per heavy atom. The first-order chi connectivity index (χ1) is 13.1. The number of carbonyl (C=O) groups is 1. The summed E-state index contributed by atoms with van der Waals surface area (Å²) in [6.07, 6.45) is 2.08.